The second-order valence-electron chi connectivity index (χ2n) is 5.19. The molecule has 0 atom stereocenters. The molecule has 2 heterocycles. The molecule has 2 aromatic heterocycles. The topological polar surface area (TPSA) is 17.3 Å². The van der Waals surface area contributed by atoms with Crippen LogP contribution in [-0.4, -0.2) is 9.38 Å². The van der Waals surface area contributed by atoms with E-state index in [0.29, 0.717) is 11.3 Å². The van der Waals surface area contributed by atoms with Crippen molar-refractivity contribution in [1.29, 1.82) is 0 Å². The first kappa shape index (κ1) is 12.0. The number of benzene rings is 1. The third-order valence-electron chi connectivity index (χ3n) is 3.84. The maximum atomic E-state index is 14.0. The van der Waals surface area contributed by atoms with Gasteiger partial charge in [-0.1, -0.05) is 0 Å². The molecule has 0 unspecified atom stereocenters. The van der Waals surface area contributed by atoms with Crippen LogP contribution in [0.1, 0.15) is 22.6 Å². The summed E-state index contributed by atoms with van der Waals surface area (Å²) in [4.78, 5) is 6.69. The number of nitrogens with zero attached hydrogens (tertiary/aromatic N) is 2. The summed E-state index contributed by atoms with van der Waals surface area (Å²) >= 11 is 1.65. The van der Waals surface area contributed by atoms with E-state index in [1.165, 1.54) is 22.7 Å². The van der Waals surface area contributed by atoms with Gasteiger partial charge in [-0.05, 0) is 43.9 Å². The lowest BCUT2D eigenvalue weighted by Gasteiger charge is -2.02. The zero-order chi connectivity index (χ0) is 13.9. The number of halogens is 2. The summed E-state index contributed by atoms with van der Waals surface area (Å²) < 4.78 is 29.7. The van der Waals surface area contributed by atoms with Crippen molar-refractivity contribution in [2.24, 2.45) is 0 Å². The zero-order valence-corrected chi connectivity index (χ0v) is 11.7. The highest BCUT2D eigenvalue weighted by Gasteiger charge is 2.20. The largest absolute Gasteiger partial charge is 0.294 e. The van der Waals surface area contributed by atoms with Crippen molar-refractivity contribution < 1.29 is 8.78 Å². The van der Waals surface area contributed by atoms with E-state index < -0.39 is 11.6 Å². The Morgan fingerprint density at radius 1 is 1.20 bits per heavy atom. The molecule has 0 saturated heterocycles. The molecule has 0 amide bonds. The lowest BCUT2D eigenvalue weighted by atomic mass is 10.1. The van der Waals surface area contributed by atoms with Crippen LogP contribution in [0.3, 0.4) is 0 Å². The molecule has 20 heavy (non-hydrogen) atoms. The summed E-state index contributed by atoms with van der Waals surface area (Å²) in [6.07, 6.45) is 5.13. The Kier molecular flexibility index (Phi) is 2.48. The Hall–Kier alpha value is -1.75. The highest BCUT2D eigenvalue weighted by Crippen LogP contribution is 2.33. The first-order chi connectivity index (χ1) is 9.63. The Labute approximate surface area is 118 Å². The minimum atomic E-state index is -0.425. The van der Waals surface area contributed by atoms with Crippen LogP contribution < -0.4 is 0 Å². The first-order valence-electron chi connectivity index (χ1n) is 6.59. The molecule has 1 aliphatic carbocycles. The van der Waals surface area contributed by atoms with E-state index in [2.05, 4.69) is 4.98 Å². The molecule has 5 heteroatoms. The number of hydrogen-bond acceptors (Lipinski definition) is 2. The normalized spacial score (nSPS) is 14.2. The van der Waals surface area contributed by atoms with Gasteiger partial charge in [0, 0.05) is 22.3 Å². The Morgan fingerprint density at radius 3 is 2.90 bits per heavy atom. The fourth-order valence-corrected chi connectivity index (χ4v) is 3.97. The van der Waals surface area contributed by atoms with Crippen molar-refractivity contribution in [3.8, 4) is 11.3 Å². The van der Waals surface area contributed by atoms with Crippen molar-refractivity contribution in [2.45, 2.75) is 26.2 Å². The van der Waals surface area contributed by atoms with Gasteiger partial charge in [0.25, 0.3) is 0 Å². The summed E-state index contributed by atoms with van der Waals surface area (Å²) in [6.45, 7) is 1.56. The molecule has 0 radical (unpaired) electrons. The van der Waals surface area contributed by atoms with Crippen LogP contribution in [0.15, 0.2) is 18.3 Å². The standard InChI is InChI=1S/C15H12F2N2S/c1-8-5-11(17)9(6-10(8)16)12-7-19-13-3-2-4-14(13)20-15(19)18-12/h5-7H,2-4H2,1H3. The van der Waals surface area contributed by atoms with Crippen molar-refractivity contribution >= 4 is 16.3 Å². The fourth-order valence-electron chi connectivity index (χ4n) is 2.78. The number of hydrogen-bond donors (Lipinski definition) is 0. The van der Waals surface area contributed by atoms with Crippen molar-refractivity contribution in [3.05, 3.63) is 46.1 Å². The van der Waals surface area contributed by atoms with Gasteiger partial charge in [-0.15, -0.1) is 11.3 Å². The van der Waals surface area contributed by atoms with Gasteiger partial charge >= 0.3 is 0 Å². The lowest BCUT2D eigenvalue weighted by Crippen LogP contribution is -1.91. The minimum Gasteiger partial charge on any atom is -0.294 e. The van der Waals surface area contributed by atoms with Crippen LogP contribution in [-0.2, 0) is 12.8 Å². The van der Waals surface area contributed by atoms with Gasteiger partial charge in [0.05, 0.1) is 5.69 Å². The Balaban J connectivity index is 1.90. The molecular formula is C15H12F2N2S. The minimum absolute atomic E-state index is 0.232. The molecule has 0 aliphatic heterocycles. The molecule has 0 spiro atoms. The Morgan fingerprint density at radius 2 is 2.05 bits per heavy atom. The van der Waals surface area contributed by atoms with Crippen LogP contribution in [0.25, 0.3) is 16.2 Å². The van der Waals surface area contributed by atoms with Crippen molar-refractivity contribution in [1.82, 2.24) is 9.38 Å². The summed E-state index contributed by atoms with van der Waals surface area (Å²) in [5.74, 6) is -0.825. The number of rotatable bonds is 1. The maximum absolute atomic E-state index is 14.0. The molecule has 0 N–H and O–H groups in total. The van der Waals surface area contributed by atoms with Crippen LogP contribution in [0.5, 0.6) is 0 Å². The van der Waals surface area contributed by atoms with E-state index in [-0.39, 0.29) is 5.56 Å². The molecule has 2 nitrogen and oxygen atoms in total. The number of imidazole rings is 1. The van der Waals surface area contributed by atoms with E-state index in [1.54, 1.807) is 18.3 Å². The molecule has 0 saturated carbocycles. The third kappa shape index (κ3) is 1.62. The van der Waals surface area contributed by atoms with Crippen LogP contribution in [0, 0.1) is 18.6 Å². The van der Waals surface area contributed by atoms with E-state index in [1.807, 2.05) is 10.6 Å². The van der Waals surface area contributed by atoms with Gasteiger partial charge < -0.3 is 0 Å². The molecule has 1 aliphatic rings. The van der Waals surface area contributed by atoms with Crippen LogP contribution >= 0.6 is 11.3 Å². The highest BCUT2D eigenvalue weighted by atomic mass is 32.1. The van der Waals surface area contributed by atoms with E-state index in [0.717, 1.165) is 24.2 Å². The molecule has 1 aromatic carbocycles. The molecule has 3 aromatic rings. The summed E-state index contributed by atoms with van der Waals surface area (Å²) in [5, 5.41) is 0. The average Bonchev–Trinajstić information content (AvgIpc) is 3.04. The van der Waals surface area contributed by atoms with Crippen molar-refractivity contribution in [3.63, 3.8) is 0 Å². The predicted octanol–water partition coefficient (Wildman–Crippen LogP) is 4.14. The van der Waals surface area contributed by atoms with Gasteiger partial charge in [0.2, 0.25) is 0 Å². The van der Waals surface area contributed by atoms with E-state index in [9.17, 15) is 8.78 Å². The Bertz CT molecular complexity index is 832. The molecule has 0 bridgehead atoms. The van der Waals surface area contributed by atoms with E-state index in [4.69, 9.17) is 0 Å². The van der Waals surface area contributed by atoms with Gasteiger partial charge in [-0.25, -0.2) is 13.8 Å². The molecule has 0 fully saturated rings. The van der Waals surface area contributed by atoms with Gasteiger partial charge in [0.15, 0.2) is 4.96 Å². The first-order valence-corrected chi connectivity index (χ1v) is 7.41. The predicted molar refractivity (Wildman–Crippen MR) is 75.2 cm³/mol. The number of fused-ring (bicyclic) bond motifs is 3. The smallest absolute Gasteiger partial charge is 0.194 e. The highest BCUT2D eigenvalue weighted by molar-refractivity contribution is 7.17. The summed E-state index contributed by atoms with van der Waals surface area (Å²) in [5.41, 5.74) is 2.32. The van der Waals surface area contributed by atoms with Gasteiger partial charge in [-0.3, -0.25) is 4.40 Å². The van der Waals surface area contributed by atoms with Crippen LogP contribution in [0.4, 0.5) is 8.78 Å². The summed E-state index contributed by atoms with van der Waals surface area (Å²) in [6, 6.07) is 2.46. The van der Waals surface area contributed by atoms with Gasteiger partial charge in [-0.2, -0.15) is 0 Å². The molecule has 4 rings (SSSR count). The number of thiazole rings is 1. The van der Waals surface area contributed by atoms with Crippen LogP contribution in [0.2, 0.25) is 0 Å². The average molecular weight is 290 g/mol. The number of aryl methyl sites for hydroxylation is 3. The third-order valence-corrected chi connectivity index (χ3v) is 5.00. The van der Waals surface area contributed by atoms with E-state index >= 15 is 0 Å². The quantitative estimate of drug-likeness (QED) is 0.658. The lowest BCUT2D eigenvalue weighted by molar-refractivity contribution is 0.595. The number of aromatic nitrogens is 2. The second kappa shape index (κ2) is 4.12. The van der Waals surface area contributed by atoms with Gasteiger partial charge in [0.1, 0.15) is 11.6 Å². The fraction of sp³-hybridized carbons (Fsp3) is 0.267. The molecular weight excluding hydrogens is 278 g/mol. The monoisotopic (exact) mass is 290 g/mol. The maximum Gasteiger partial charge on any atom is 0.194 e. The molecule has 102 valence electrons. The summed E-state index contributed by atoms with van der Waals surface area (Å²) in [7, 11) is 0. The second-order valence-corrected chi connectivity index (χ2v) is 6.25. The SMILES string of the molecule is Cc1cc(F)c(-c2cn3c4c(sc3n2)CCC4)cc1F. The van der Waals surface area contributed by atoms with Crippen molar-refractivity contribution in [2.75, 3.05) is 0 Å². The zero-order valence-electron chi connectivity index (χ0n) is 10.9.